The highest BCUT2D eigenvalue weighted by Crippen LogP contribution is 2.47. The molecule has 0 aromatic heterocycles. The van der Waals surface area contributed by atoms with Gasteiger partial charge in [-0.2, -0.15) is 0 Å². The Morgan fingerprint density at radius 2 is 1.16 bits per heavy atom. The molecule has 0 heteroatoms. The molecule has 1 atom stereocenters. The van der Waals surface area contributed by atoms with Crippen molar-refractivity contribution in [2.45, 2.75) is 71.6 Å². The molecule has 0 nitrogen and oxygen atoms in total. The summed E-state index contributed by atoms with van der Waals surface area (Å²) in [4.78, 5) is 0. The van der Waals surface area contributed by atoms with Gasteiger partial charge in [0.2, 0.25) is 0 Å². The van der Waals surface area contributed by atoms with Gasteiger partial charge in [-0.3, -0.25) is 0 Å². The van der Waals surface area contributed by atoms with E-state index in [9.17, 15) is 0 Å². The van der Waals surface area contributed by atoms with E-state index < -0.39 is 0 Å². The van der Waals surface area contributed by atoms with Crippen LogP contribution in [0.25, 0.3) is 21.5 Å². The average Bonchev–Trinajstić information content (AvgIpc) is 2.94. The number of rotatable bonds is 7. The maximum absolute atomic E-state index is 2.44. The van der Waals surface area contributed by atoms with Crippen molar-refractivity contribution in [3.05, 3.63) is 129 Å². The Labute approximate surface area is 222 Å². The summed E-state index contributed by atoms with van der Waals surface area (Å²) >= 11 is 0. The second-order valence-electron chi connectivity index (χ2n) is 10.9. The Bertz CT molecular complexity index is 1570. The Kier molecular flexibility index (Phi) is 6.59. The van der Waals surface area contributed by atoms with Gasteiger partial charge in [0.05, 0.1) is 0 Å². The zero-order valence-corrected chi connectivity index (χ0v) is 22.6. The molecule has 0 spiro atoms. The first-order chi connectivity index (χ1) is 18.2. The van der Waals surface area contributed by atoms with E-state index in [0.29, 0.717) is 0 Å². The quantitative estimate of drug-likeness (QED) is 0.212. The van der Waals surface area contributed by atoms with Gasteiger partial charge in [-0.25, -0.2) is 0 Å². The highest BCUT2D eigenvalue weighted by atomic mass is 14.3. The largest absolute Gasteiger partial charge is 0.0654 e. The van der Waals surface area contributed by atoms with Gasteiger partial charge in [0.1, 0.15) is 0 Å². The normalized spacial score (nSPS) is 14.6. The van der Waals surface area contributed by atoms with Crippen LogP contribution < -0.4 is 0 Å². The van der Waals surface area contributed by atoms with E-state index in [-0.39, 0.29) is 5.92 Å². The Balaban J connectivity index is 1.60. The van der Waals surface area contributed by atoms with Gasteiger partial charge >= 0.3 is 0 Å². The van der Waals surface area contributed by atoms with Gasteiger partial charge < -0.3 is 0 Å². The van der Waals surface area contributed by atoms with E-state index in [0.717, 1.165) is 19.3 Å². The zero-order chi connectivity index (χ0) is 25.4. The third-order valence-electron chi connectivity index (χ3n) is 8.47. The molecule has 186 valence electrons. The molecular formula is C37H38. The highest BCUT2D eigenvalue weighted by molar-refractivity contribution is 5.94. The number of hydrogen-bond acceptors (Lipinski definition) is 0. The van der Waals surface area contributed by atoms with Crippen molar-refractivity contribution in [3.63, 3.8) is 0 Å². The molecule has 0 saturated heterocycles. The summed E-state index contributed by atoms with van der Waals surface area (Å²) in [5.41, 5.74) is 11.7. The second kappa shape index (κ2) is 10.2. The predicted molar refractivity (Wildman–Crippen MR) is 160 cm³/mol. The van der Waals surface area contributed by atoms with Crippen molar-refractivity contribution in [3.8, 4) is 0 Å². The molecule has 1 aliphatic carbocycles. The molecule has 0 bridgehead atoms. The minimum Gasteiger partial charge on any atom is -0.0654 e. The van der Waals surface area contributed by atoms with E-state index in [1.165, 1.54) is 91.7 Å². The number of hydrogen-bond donors (Lipinski definition) is 0. The van der Waals surface area contributed by atoms with Crippen molar-refractivity contribution in [2.24, 2.45) is 0 Å². The van der Waals surface area contributed by atoms with Crippen LogP contribution in [0.2, 0.25) is 0 Å². The molecule has 6 rings (SSSR count). The predicted octanol–water partition coefficient (Wildman–Crippen LogP) is 9.93. The molecule has 1 unspecified atom stereocenters. The summed E-state index contributed by atoms with van der Waals surface area (Å²) in [5, 5.41) is 5.60. The number of unbranched alkanes of at least 4 members (excludes halogenated alkanes) is 1. The summed E-state index contributed by atoms with van der Waals surface area (Å²) in [7, 11) is 0. The van der Waals surface area contributed by atoms with Gasteiger partial charge in [-0.1, -0.05) is 119 Å². The van der Waals surface area contributed by atoms with Crippen LogP contribution in [0.15, 0.2) is 84.9 Å². The lowest BCUT2D eigenvalue weighted by atomic mass is 9.71. The summed E-state index contributed by atoms with van der Waals surface area (Å²) < 4.78 is 0. The van der Waals surface area contributed by atoms with E-state index in [1.54, 1.807) is 0 Å². The van der Waals surface area contributed by atoms with Crippen molar-refractivity contribution in [2.75, 3.05) is 0 Å². The van der Waals surface area contributed by atoms with Crippen LogP contribution in [0.3, 0.4) is 0 Å². The molecule has 5 aromatic rings. The van der Waals surface area contributed by atoms with Crippen LogP contribution in [0.4, 0.5) is 0 Å². The minimum absolute atomic E-state index is 0.246. The molecule has 0 radical (unpaired) electrons. The van der Waals surface area contributed by atoms with Crippen molar-refractivity contribution < 1.29 is 0 Å². The maximum atomic E-state index is 2.44. The van der Waals surface area contributed by atoms with Crippen molar-refractivity contribution >= 4 is 21.5 Å². The first-order valence-electron chi connectivity index (χ1n) is 14.4. The average molecular weight is 483 g/mol. The van der Waals surface area contributed by atoms with Crippen molar-refractivity contribution in [1.29, 1.82) is 0 Å². The Hall–Kier alpha value is -3.38. The lowest BCUT2D eigenvalue weighted by Gasteiger charge is -2.32. The van der Waals surface area contributed by atoms with Gasteiger partial charge in [0.15, 0.2) is 0 Å². The van der Waals surface area contributed by atoms with E-state index in [1.807, 2.05) is 0 Å². The van der Waals surface area contributed by atoms with Gasteiger partial charge in [0, 0.05) is 5.92 Å². The molecule has 1 aliphatic rings. The molecule has 0 N–H and O–H groups in total. The van der Waals surface area contributed by atoms with Crippen LogP contribution in [0, 0.1) is 0 Å². The molecule has 37 heavy (non-hydrogen) atoms. The van der Waals surface area contributed by atoms with Gasteiger partial charge in [-0.05, 0) is 98.2 Å². The smallest absolute Gasteiger partial charge is 0.0357 e. The lowest BCUT2D eigenvalue weighted by Crippen LogP contribution is -2.16. The fraction of sp³-hybridized carbons (Fsp3) is 0.297. The number of fused-ring (bicyclic) bond motifs is 6. The summed E-state index contributed by atoms with van der Waals surface area (Å²) in [5.74, 6) is 0.246. The molecule has 0 aliphatic heterocycles. The molecule has 0 fully saturated rings. The minimum atomic E-state index is 0.246. The van der Waals surface area contributed by atoms with Gasteiger partial charge in [-0.15, -0.1) is 0 Å². The number of aryl methyl sites for hydroxylation is 3. The Morgan fingerprint density at radius 3 is 1.76 bits per heavy atom. The monoisotopic (exact) mass is 482 g/mol. The standard InChI is InChI=1S/C37H38/c1-4-7-9-27-13-21-34-30(23-27)17-19-32-24-31-18-16-29-22-25(6-3)12-20-33(29)35(31)37(36(32)34)28-14-10-26(8-5-2)11-15-28/h10-23,37H,4-9,24H2,1-3H3. The molecule has 0 amide bonds. The molecule has 0 saturated carbocycles. The van der Waals surface area contributed by atoms with Crippen LogP contribution in [0.1, 0.15) is 90.5 Å². The topological polar surface area (TPSA) is 0 Å². The third kappa shape index (κ3) is 4.37. The molecular weight excluding hydrogens is 444 g/mol. The summed E-state index contributed by atoms with van der Waals surface area (Å²) in [6.45, 7) is 6.79. The van der Waals surface area contributed by atoms with E-state index in [2.05, 4.69) is 106 Å². The van der Waals surface area contributed by atoms with Crippen LogP contribution in [-0.2, 0) is 25.7 Å². The van der Waals surface area contributed by atoms with Crippen molar-refractivity contribution in [1.82, 2.24) is 0 Å². The summed E-state index contributed by atoms with van der Waals surface area (Å²) in [6, 6.07) is 33.4. The first kappa shape index (κ1) is 24.0. The fourth-order valence-corrected chi connectivity index (χ4v) is 6.49. The molecule has 5 aromatic carbocycles. The first-order valence-corrected chi connectivity index (χ1v) is 14.4. The van der Waals surface area contributed by atoms with Crippen LogP contribution >= 0.6 is 0 Å². The SMILES string of the molecule is CCCCc1ccc2c3c(ccc2c1)Cc1ccc2cc(CC)ccc2c1C3c1ccc(CCC)cc1. The lowest BCUT2D eigenvalue weighted by molar-refractivity contribution is 0.796. The van der Waals surface area contributed by atoms with Crippen LogP contribution in [0.5, 0.6) is 0 Å². The zero-order valence-electron chi connectivity index (χ0n) is 22.6. The second-order valence-corrected chi connectivity index (χ2v) is 10.9. The third-order valence-corrected chi connectivity index (χ3v) is 8.47. The van der Waals surface area contributed by atoms with E-state index >= 15 is 0 Å². The fourth-order valence-electron chi connectivity index (χ4n) is 6.49. The summed E-state index contributed by atoms with van der Waals surface area (Å²) in [6.07, 6.45) is 8.06. The van der Waals surface area contributed by atoms with Gasteiger partial charge in [0.25, 0.3) is 0 Å². The van der Waals surface area contributed by atoms with Crippen LogP contribution in [-0.4, -0.2) is 0 Å². The molecule has 0 heterocycles. The Morgan fingerprint density at radius 1 is 0.568 bits per heavy atom. The number of benzene rings is 5. The maximum Gasteiger partial charge on any atom is 0.0357 e. The highest BCUT2D eigenvalue weighted by Gasteiger charge is 2.30. The van der Waals surface area contributed by atoms with E-state index in [4.69, 9.17) is 0 Å².